The van der Waals surface area contributed by atoms with Crippen molar-refractivity contribution in [3.05, 3.63) is 53.5 Å². The monoisotopic (exact) mass is 517 g/mol. The highest BCUT2D eigenvalue weighted by Gasteiger charge is 2.33. The Morgan fingerprint density at radius 2 is 1.81 bits per heavy atom. The number of ketones is 1. The minimum atomic E-state index is -4.19. The van der Waals surface area contributed by atoms with Crippen LogP contribution in [0, 0.1) is 6.92 Å². The number of nitrogen functional groups attached to an aromatic ring is 1. The first-order valence-electron chi connectivity index (χ1n) is 13.0. The number of hydrogen-bond donors (Lipinski definition) is 1. The molecule has 6 nitrogen and oxygen atoms in total. The first-order valence-corrected chi connectivity index (χ1v) is 13.0. The van der Waals surface area contributed by atoms with E-state index in [9.17, 15) is 18.0 Å². The van der Waals surface area contributed by atoms with Gasteiger partial charge in [0.25, 0.3) is 0 Å². The summed E-state index contributed by atoms with van der Waals surface area (Å²) in [5.41, 5.74) is 11.1. The molecule has 0 aliphatic carbocycles. The van der Waals surface area contributed by atoms with Crippen LogP contribution >= 0.6 is 0 Å². The minimum Gasteiger partial charge on any atom is -0.384 e. The SMILES string of the molecule is CC.CCCC(=O)c1cc2c(-c3ccc(N)nc3)ccn2c(C(C)N2CCN(CC(F)(F)F)CC2)c1C. The Morgan fingerprint density at radius 1 is 1.14 bits per heavy atom. The second-order valence-corrected chi connectivity index (χ2v) is 9.30. The highest BCUT2D eigenvalue weighted by molar-refractivity contribution is 6.00. The first-order chi connectivity index (χ1) is 17.6. The quantitative estimate of drug-likeness (QED) is 0.381. The predicted octanol–water partition coefficient (Wildman–Crippen LogP) is 6.14. The van der Waals surface area contributed by atoms with Crippen LogP contribution in [0.15, 0.2) is 36.7 Å². The first kappa shape index (κ1) is 28.7. The van der Waals surface area contributed by atoms with Crippen molar-refractivity contribution in [3.63, 3.8) is 0 Å². The van der Waals surface area contributed by atoms with Crippen LogP contribution in [0.2, 0.25) is 0 Å². The maximum absolute atomic E-state index is 13.1. The fourth-order valence-corrected chi connectivity index (χ4v) is 5.08. The van der Waals surface area contributed by atoms with Gasteiger partial charge in [-0.25, -0.2) is 4.98 Å². The lowest BCUT2D eigenvalue weighted by Gasteiger charge is -2.39. The second kappa shape index (κ2) is 12.1. The molecule has 1 saturated heterocycles. The summed E-state index contributed by atoms with van der Waals surface area (Å²) in [6, 6.07) is 7.54. The van der Waals surface area contributed by atoms with Gasteiger partial charge in [0, 0.05) is 73.4 Å². The Morgan fingerprint density at radius 3 is 2.38 bits per heavy atom. The van der Waals surface area contributed by atoms with E-state index in [1.165, 1.54) is 4.90 Å². The van der Waals surface area contributed by atoms with Gasteiger partial charge in [0.2, 0.25) is 0 Å². The third-order valence-electron chi connectivity index (χ3n) is 6.88. The standard InChI is InChI=1S/C26H32F3N5O.C2H6/c1-4-5-23(35)21-14-22-20(19-6-7-24(30)31-15-19)8-9-34(22)25(17(21)2)18(3)33-12-10-32(11-13-33)16-26(27,28)29;1-2/h6-9,14-15,18H,4-5,10-13,16H2,1-3H3,(H2,30,31);1-2H3. The van der Waals surface area contributed by atoms with Crippen molar-refractivity contribution in [3.8, 4) is 11.1 Å². The van der Waals surface area contributed by atoms with E-state index < -0.39 is 12.7 Å². The average molecular weight is 518 g/mol. The zero-order chi connectivity index (χ0) is 27.3. The van der Waals surface area contributed by atoms with Crippen LogP contribution < -0.4 is 5.73 Å². The molecule has 0 spiro atoms. The van der Waals surface area contributed by atoms with Crippen molar-refractivity contribution >= 4 is 17.1 Å². The molecule has 9 heteroatoms. The number of nitrogens with two attached hydrogens (primary N) is 1. The molecule has 3 aromatic rings. The number of aromatic nitrogens is 2. The Hall–Kier alpha value is -2.91. The number of halogens is 3. The lowest BCUT2D eigenvalue weighted by molar-refractivity contribution is -0.149. The third kappa shape index (κ3) is 6.51. The van der Waals surface area contributed by atoms with Crippen LogP contribution in [-0.2, 0) is 0 Å². The number of piperazine rings is 1. The van der Waals surface area contributed by atoms with Gasteiger partial charge in [-0.2, -0.15) is 13.2 Å². The molecule has 4 heterocycles. The largest absolute Gasteiger partial charge is 0.401 e. The zero-order valence-corrected chi connectivity index (χ0v) is 22.4. The van der Waals surface area contributed by atoms with Crippen molar-refractivity contribution in [1.29, 1.82) is 0 Å². The molecule has 0 amide bonds. The van der Waals surface area contributed by atoms with Crippen molar-refractivity contribution < 1.29 is 18.0 Å². The zero-order valence-electron chi connectivity index (χ0n) is 22.4. The van der Waals surface area contributed by atoms with Crippen LogP contribution in [-0.4, -0.2) is 63.9 Å². The Bertz CT molecular complexity index is 1200. The van der Waals surface area contributed by atoms with Crippen LogP contribution in [0.3, 0.4) is 0 Å². The van der Waals surface area contributed by atoms with Gasteiger partial charge in [0.1, 0.15) is 5.82 Å². The molecule has 37 heavy (non-hydrogen) atoms. The fourth-order valence-electron chi connectivity index (χ4n) is 5.08. The fraction of sp³-hybridized carbons (Fsp3) is 0.500. The van der Waals surface area contributed by atoms with E-state index in [0.717, 1.165) is 34.3 Å². The van der Waals surface area contributed by atoms with E-state index in [1.807, 2.05) is 52.1 Å². The van der Waals surface area contributed by atoms with Crippen molar-refractivity contribution in [2.75, 3.05) is 38.5 Å². The van der Waals surface area contributed by atoms with Gasteiger partial charge in [-0.15, -0.1) is 0 Å². The number of rotatable bonds is 7. The van der Waals surface area contributed by atoms with Crippen molar-refractivity contribution in [1.82, 2.24) is 19.2 Å². The highest BCUT2D eigenvalue weighted by atomic mass is 19.4. The van der Waals surface area contributed by atoms with E-state index >= 15 is 0 Å². The van der Waals surface area contributed by atoms with Gasteiger partial charge in [0.15, 0.2) is 5.78 Å². The Kier molecular flexibility index (Phi) is 9.36. The number of pyridine rings is 2. The Balaban J connectivity index is 0.00000186. The van der Waals surface area contributed by atoms with Crippen LogP contribution in [0.25, 0.3) is 16.6 Å². The smallest absolute Gasteiger partial charge is 0.384 e. The summed E-state index contributed by atoms with van der Waals surface area (Å²) < 4.78 is 40.6. The molecular weight excluding hydrogens is 479 g/mol. The lowest BCUT2D eigenvalue weighted by atomic mass is 9.96. The molecule has 2 N–H and O–H groups in total. The summed E-state index contributed by atoms with van der Waals surface area (Å²) >= 11 is 0. The van der Waals surface area contributed by atoms with Crippen LogP contribution in [0.4, 0.5) is 19.0 Å². The molecule has 0 bridgehead atoms. The van der Waals surface area contributed by atoms with Gasteiger partial charge in [-0.1, -0.05) is 20.8 Å². The molecule has 1 unspecified atom stereocenters. The van der Waals surface area contributed by atoms with Gasteiger partial charge in [0.05, 0.1) is 12.1 Å². The number of hydrogen-bond acceptors (Lipinski definition) is 5. The normalized spacial score (nSPS) is 15.9. The molecule has 0 aromatic carbocycles. The van der Waals surface area contributed by atoms with E-state index in [1.54, 1.807) is 12.3 Å². The summed E-state index contributed by atoms with van der Waals surface area (Å²) in [4.78, 5) is 21.0. The van der Waals surface area contributed by atoms with Crippen LogP contribution in [0.5, 0.6) is 0 Å². The molecule has 0 radical (unpaired) electrons. The number of alkyl halides is 3. The summed E-state index contributed by atoms with van der Waals surface area (Å²) in [7, 11) is 0. The van der Waals surface area contributed by atoms with E-state index in [2.05, 4.69) is 21.2 Å². The van der Waals surface area contributed by atoms with Crippen molar-refractivity contribution in [2.24, 2.45) is 0 Å². The maximum atomic E-state index is 13.1. The number of anilines is 1. The van der Waals surface area contributed by atoms with Crippen molar-refractivity contribution in [2.45, 2.75) is 59.7 Å². The summed E-state index contributed by atoms with van der Waals surface area (Å²) in [5.74, 6) is 0.532. The molecule has 1 aliphatic heterocycles. The highest BCUT2D eigenvalue weighted by Crippen LogP contribution is 2.34. The Labute approximate surface area is 217 Å². The minimum absolute atomic E-state index is 0.0790. The molecule has 1 atom stereocenters. The average Bonchev–Trinajstić information content (AvgIpc) is 3.28. The number of nitrogens with zero attached hydrogens (tertiary/aromatic N) is 4. The van der Waals surface area contributed by atoms with Crippen LogP contribution in [0.1, 0.15) is 68.2 Å². The third-order valence-corrected chi connectivity index (χ3v) is 6.88. The van der Waals surface area contributed by atoms with Gasteiger partial charge >= 0.3 is 6.18 Å². The summed E-state index contributed by atoms with van der Waals surface area (Å²) in [6.45, 7) is 10.9. The van der Waals surface area contributed by atoms with E-state index in [-0.39, 0.29) is 11.8 Å². The van der Waals surface area contributed by atoms with Gasteiger partial charge < -0.3 is 10.1 Å². The summed E-state index contributed by atoms with van der Waals surface area (Å²) in [5, 5.41) is 0. The number of fused-ring (bicyclic) bond motifs is 1. The van der Waals surface area contributed by atoms with E-state index in [4.69, 9.17) is 5.73 Å². The molecule has 4 rings (SSSR count). The predicted molar refractivity (Wildman–Crippen MR) is 143 cm³/mol. The molecule has 1 aliphatic rings. The topological polar surface area (TPSA) is 66.9 Å². The number of carbonyl (C=O) groups excluding carboxylic acids is 1. The molecule has 202 valence electrons. The second-order valence-electron chi connectivity index (χ2n) is 9.30. The van der Waals surface area contributed by atoms with Gasteiger partial charge in [-0.05, 0) is 50.1 Å². The molecular formula is C28H38F3N5O. The summed E-state index contributed by atoms with van der Waals surface area (Å²) in [6.07, 6.45) is 0.740. The molecule has 0 saturated carbocycles. The molecule has 3 aromatic heterocycles. The number of carbonyl (C=O) groups is 1. The van der Waals surface area contributed by atoms with Gasteiger partial charge in [-0.3, -0.25) is 14.6 Å². The maximum Gasteiger partial charge on any atom is 0.401 e. The lowest BCUT2D eigenvalue weighted by Crippen LogP contribution is -2.49. The number of Topliss-reactive ketones (excluding diaryl/α,β-unsaturated/α-hetero) is 1. The van der Waals surface area contributed by atoms with E-state index in [0.29, 0.717) is 44.0 Å². The molecule has 1 fully saturated rings.